The molecular weight excluding hydrogens is 184 g/mol. The maximum absolute atomic E-state index is 3.78. The maximum Gasteiger partial charge on any atom is 0.0267 e. The topological polar surface area (TPSA) is 17.8 Å². The van der Waals surface area contributed by atoms with Gasteiger partial charge in [0.05, 0.1) is 0 Å². The Hall–Kier alpha value is -1.57. The van der Waals surface area contributed by atoms with Crippen LogP contribution in [0.3, 0.4) is 0 Å². The summed E-state index contributed by atoms with van der Waals surface area (Å²) in [5.74, 6) is 0. The monoisotopic (exact) mass is 202 g/mol. The minimum absolute atomic E-state index is 1.15. The van der Waals surface area contributed by atoms with Crippen LogP contribution in [-0.2, 0) is 6.54 Å². The number of rotatable bonds is 2. The van der Waals surface area contributed by atoms with E-state index in [0.29, 0.717) is 0 Å². The number of hydrogen-bond donors (Lipinski definition) is 0. The summed E-state index contributed by atoms with van der Waals surface area (Å²) in [5, 5.41) is 0. The van der Waals surface area contributed by atoms with Crippen LogP contribution in [-0.4, -0.2) is 9.55 Å². The van der Waals surface area contributed by atoms with Crippen molar-refractivity contribution in [2.75, 3.05) is 0 Å². The van der Waals surface area contributed by atoms with Crippen LogP contribution >= 0.6 is 0 Å². The van der Waals surface area contributed by atoms with Crippen molar-refractivity contribution < 1.29 is 0 Å². The molecule has 0 bridgehead atoms. The summed E-state index contributed by atoms with van der Waals surface area (Å²) in [6.45, 7) is 5.45. The second-order valence-corrected chi connectivity index (χ2v) is 3.45. The summed E-state index contributed by atoms with van der Waals surface area (Å²) >= 11 is 0. The highest BCUT2D eigenvalue weighted by Gasteiger charge is 1.87. The average Bonchev–Trinajstić information content (AvgIpc) is 2.68. The zero-order valence-corrected chi connectivity index (χ0v) is 9.43. The molecule has 2 rings (SSSR count). The van der Waals surface area contributed by atoms with Crippen molar-refractivity contribution in [3.63, 3.8) is 0 Å². The van der Waals surface area contributed by atoms with Gasteiger partial charge in [-0.25, -0.2) is 0 Å². The van der Waals surface area contributed by atoms with E-state index < -0.39 is 0 Å². The van der Waals surface area contributed by atoms with E-state index in [-0.39, 0.29) is 0 Å². The molecule has 0 spiro atoms. The van der Waals surface area contributed by atoms with Crippen LogP contribution in [0.15, 0.2) is 49.1 Å². The number of aromatic nitrogens is 2. The van der Waals surface area contributed by atoms with E-state index in [4.69, 9.17) is 0 Å². The zero-order valence-electron chi connectivity index (χ0n) is 9.43. The van der Waals surface area contributed by atoms with Gasteiger partial charge in [0.25, 0.3) is 0 Å². The summed E-state index contributed by atoms with van der Waals surface area (Å²) in [6, 6.07) is 7.85. The molecule has 0 aromatic carbocycles. The third-order valence-electron chi connectivity index (χ3n) is 1.95. The Morgan fingerprint density at radius 1 is 1.20 bits per heavy atom. The summed E-state index contributed by atoms with van der Waals surface area (Å²) in [4.78, 5) is 3.78. The molecule has 0 saturated carbocycles. The van der Waals surface area contributed by atoms with Gasteiger partial charge < -0.3 is 4.57 Å². The van der Waals surface area contributed by atoms with Crippen LogP contribution in [0.25, 0.3) is 0 Å². The highest BCUT2D eigenvalue weighted by Crippen LogP contribution is 1.98. The number of hydrogen-bond acceptors (Lipinski definition) is 1. The van der Waals surface area contributed by atoms with Crippen LogP contribution in [0.5, 0.6) is 0 Å². The third-order valence-corrected chi connectivity index (χ3v) is 1.95. The summed E-state index contributed by atoms with van der Waals surface area (Å²) in [5.41, 5.74) is 1.35. The van der Waals surface area contributed by atoms with Gasteiger partial charge in [-0.1, -0.05) is 13.0 Å². The third kappa shape index (κ3) is 5.01. The SMILES string of the molecule is CCCn1ccc(C)c1.c1ccncc1. The average molecular weight is 202 g/mol. The molecule has 0 radical (unpaired) electrons. The molecule has 2 aromatic rings. The molecule has 2 nitrogen and oxygen atoms in total. The van der Waals surface area contributed by atoms with Gasteiger partial charge >= 0.3 is 0 Å². The Balaban J connectivity index is 0.000000162. The molecule has 0 N–H and O–H groups in total. The molecule has 0 aliphatic carbocycles. The van der Waals surface area contributed by atoms with Crippen molar-refractivity contribution in [2.24, 2.45) is 0 Å². The molecule has 2 aromatic heterocycles. The minimum atomic E-state index is 1.15. The van der Waals surface area contributed by atoms with E-state index in [1.54, 1.807) is 12.4 Å². The molecule has 0 fully saturated rings. The highest BCUT2D eigenvalue weighted by molar-refractivity contribution is 5.06. The summed E-state index contributed by atoms with van der Waals surface area (Å²) in [7, 11) is 0. The fraction of sp³-hybridized carbons (Fsp3) is 0.308. The van der Waals surface area contributed by atoms with Crippen LogP contribution in [0.4, 0.5) is 0 Å². The maximum atomic E-state index is 3.78. The molecule has 2 heteroatoms. The van der Waals surface area contributed by atoms with Crippen LogP contribution in [0.2, 0.25) is 0 Å². The van der Waals surface area contributed by atoms with Crippen LogP contribution in [0.1, 0.15) is 18.9 Å². The van der Waals surface area contributed by atoms with Crippen molar-refractivity contribution in [3.8, 4) is 0 Å². The fourth-order valence-electron chi connectivity index (χ4n) is 1.27. The Kier molecular flexibility index (Phi) is 5.23. The van der Waals surface area contributed by atoms with E-state index >= 15 is 0 Å². The van der Waals surface area contributed by atoms with Gasteiger partial charge in [-0.3, -0.25) is 4.98 Å². The van der Waals surface area contributed by atoms with Crippen molar-refractivity contribution in [3.05, 3.63) is 54.6 Å². The molecule has 2 heterocycles. The van der Waals surface area contributed by atoms with E-state index in [1.165, 1.54) is 12.0 Å². The first kappa shape index (κ1) is 11.5. The molecule has 80 valence electrons. The lowest BCUT2D eigenvalue weighted by molar-refractivity contribution is 0.682. The standard InChI is InChI=1S/C8H13N.C5H5N/c1-3-5-9-6-4-8(2)7-9;1-2-4-6-5-3-1/h4,6-7H,3,5H2,1-2H3;1-5H. The normalized spacial score (nSPS) is 9.20. The van der Waals surface area contributed by atoms with Crippen molar-refractivity contribution in [1.29, 1.82) is 0 Å². The van der Waals surface area contributed by atoms with Gasteiger partial charge in [-0.2, -0.15) is 0 Å². The molecular formula is C13H18N2. The van der Waals surface area contributed by atoms with Gasteiger partial charge in [0.1, 0.15) is 0 Å². The van der Waals surface area contributed by atoms with E-state index in [9.17, 15) is 0 Å². The van der Waals surface area contributed by atoms with Crippen LogP contribution in [0, 0.1) is 6.92 Å². The largest absolute Gasteiger partial charge is 0.354 e. The van der Waals surface area contributed by atoms with Gasteiger partial charge in [0.15, 0.2) is 0 Å². The van der Waals surface area contributed by atoms with E-state index in [0.717, 1.165) is 6.54 Å². The first-order chi connectivity index (χ1) is 7.33. The molecule has 0 amide bonds. The first-order valence-electron chi connectivity index (χ1n) is 5.30. The number of pyridine rings is 1. The highest BCUT2D eigenvalue weighted by atomic mass is 14.9. The zero-order chi connectivity index (χ0) is 10.9. The Morgan fingerprint density at radius 2 is 1.93 bits per heavy atom. The number of nitrogens with zero attached hydrogens (tertiary/aromatic N) is 2. The molecule has 0 aliphatic rings. The van der Waals surface area contributed by atoms with Crippen molar-refractivity contribution in [1.82, 2.24) is 9.55 Å². The van der Waals surface area contributed by atoms with Gasteiger partial charge in [-0.15, -0.1) is 0 Å². The quantitative estimate of drug-likeness (QED) is 0.730. The smallest absolute Gasteiger partial charge is 0.0267 e. The van der Waals surface area contributed by atoms with Gasteiger partial charge in [-0.05, 0) is 37.1 Å². The molecule has 0 saturated heterocycles. The molecule has 15 heavy (non-hydrogen) atoms. The molecule has 0 atom stereocenters. The summed E-state index contributed by atoms with van der Waals surface area (Å²) < 4.78 is 2.22. The van der Waals surface area contributed by atoms with E-state index in [2.05, 4.69) is 41.9 Å². The predicted molar refractivity (Wildman–Crippen MR) is 63.7 cm³/mol. The van der Waals surface area contributed by atoms with Crippen molar-refractivity contribution in [2.45, 2.75) is 26.8 Å². The lowest BCUT2D eigenvalue weighted by Crippen LogP contribution is -1.90. The van der Waals surface area contributed by atoms with Gasteiger partial charge in [0, 0.05) is 31.3 Å². The second-order valence-electron chi connectivity index (χ2n) is 3.45. The van der Waals surface area contributed by atoms with Gasteiger partial charge in [0.2, 0.25) is 0 Å². The molecule has 0 unspecified atom stereocenters. The van der Waals surface area contributed by atoms with Crippen molar-refractivity contribution >= 4 is 0 Å². The molecule has 0 aliphatic heterocycles. The lowest BCUT2D eigenvalue weighted by Gasteiger charge is -1.95. The second kappa shape index (κ2) is 6.82. The van der Waals surface area contributed by atoms with Crippen LogP contribution < -0.4 is 0 Å². The lowest BCUT2D eigenvalue weighted by atomic mass is 10.4. The Labute approximate surface area is 91.6 Å². The summed E-state index contributed by atoms with van der Waals surface area (Å²) in [6.07, 6.45) is 9.01. The Bertz CT molecular complexity index is 325. The number of aryl methyl sites for hydroxylation is 2. The predicted octanol–water partition coefficient (Wildman–Crippen LogP) is 3.29. The van der Waals surface area contributed by atoms with E-state index in [1.807, 2.05) is 18.2 Å². The first-order valence-corrected chi connectivity index (χ1v) is 5.30. The fourth-order valence-corrected chi connectivity index (χ4v) is 1.27. The minimum Gasteiger partial charge on any atom is -0.354 e. The Morgan fingerprint density at radius 3 is 2.27 bits per heavy atom.